The Labute approximate surface area is 89.8 Å². The third kappa shape index (κ3) is 2.37. The highest BCUT2D eigenvalue weighted by Crippen LogP contribution is 2.33. The minimum atomic E-state index is -0.226. The first-order valence-corrected chi connectivity index (χ1v) is 5.72. The van der Waals surface area contributed by atoms with Crippen LogP contribution in [0.25, 0.3) is 0 Å². The number of Topliss-reactive ketones (excluding diaryl/α,β-unsaturated/α-hetero) is 1. The van der Waals surface area contributed by atoms with Crippen molar-refractivity contribution < 1.29 is 9.59 Å². The van der Waals surface area contributed by atoms with Gasteiger partial charge in [0.1, 0.15) is 5.78 Å². The van der Waals surface area contributed by atoms with Gasteiger partial charge in [-0.05, 0) is 25.8 Å². The lowest BCUT2D eigenvalue weighted by atomic mass is 10.0. The number of nitrogens with zero attached hydrogens (tertiary/aromatic N) is 1. The predicted molar refractivity (Wildman–Crippen MR) is 56.2 cm³/mol. The molecule has 2 N–H and O–H groups in total. The Kier molecular flexibility index (Phi) is 3.05. The standard InChI is InChI=1S/C11H18N2O2/c12-11(15)2-1-5-13-8-3-4-9(13)7-10(14)6-8/h8-9H,1-7H2,(H2,12,15). The van der Waals surface area contributed by atoms with Gasteiger partial charge in [0.2, 0.25) is 5.91 Å². The maximum atomic E-state index is 11.4. The number of carbonyl (C=O) groups is 2. The Morgan fingerprint density at radius 1 is 1.33 bits per heavy atom. The molecule has 2 fully saturated rings. The second kappa shape index (κ2) is 4.31. The topological polar surface area (TPSA) is 63.4 Å². The SMILES string of the molecule is NC(=O)CCCN1C2CCC1CC(=O)C2. The van der Waals surface area contributed by atoms with Crippen molar-refractivity contribution in [2.75, 3.05) is 6.54 Å². The van der Waals surface area contributed by atoms with E-state index in [9.17, 15) is 9.59 Å². The van der Waals surface area contributed by atoms with E-state index in [-0.39, 0.29) is 5.91 Å². The second-order valence-electron chi connectivity index (χ2n) is 4.64. The molecule has 2 rings (SSSR count). The van der Waals surface area contributed by atoms with Crippen molar-refractivity contribution in [1.29, 1.82) is 0 Å². The first kappa shape index (κ1) is 10.6. The number of carbonyl (C=O) groups excluding carboxylic acids is 2. The van der Waals surface area contributed by atoms with Gasteiger partial charge in [0, 0.05) is 31.3 Å². The molecule has 4 heteroatoms. The number of hydrogen-bond donors (Lipinski definition) is 1. The average molecular weight is 210 g/mol. The monoisotopic (exact) mass is 210 g/mol. The molecule has 2 bridgehead atoms. The lowest BCUT2D eigenvalue weighted by Gasteiger charge is -2.33. The largest absolute Gasteiger partial charge is 0.370 e. The van der Waals surface area contributed by atoms with Gasteiger partial charge in [-0.2, -0.15) is 0 Å². The fraction of sp³-hybridized carbons (Fsp3) is 0.818. The van der Waals surface area contributed by atoms with Crippen molar-refractivity contribution in [3.05, 3.63) is 0 Å². The highest BCUT2D eigenvalue weighted by molar-refractivity contribution is 5.81. The third-order valence-electron chi connectivity index (χ3n) is 3.54. The number of ketones is 1. The highest BCUT2D eigenvalue weighted by atomic mass is 16.1. The Bertz CT molecular complexity index is 262. The fourth-order valence-corrected chi connectivity index (χ4v) is 2.86. The molecule has 2 heterocycles. The summed E-state index contributed by atoms with van der Waals surface area (Å²) in [5.41, 5.74) is 5.10. The van der Waals surface area contributed by atoms with Crippen molar-refractivity contribution in [2.45, 2.75) is 50.6 Å². The summed E-state index contributed by atoms with van der Waals surface area (Å²) in [7, 11) is 0. The first-order valence-electron chi connectivity index (χ1n) is 5.72. The van der Waals surface area contributed by atoms with Crippen LogP contribution >= 0.6 is 0 Å². The van der Waals surface area contributed by atoms with Crippen LogP contribution in [0.5, 0.6) is 0 Å². The molecule has 2 aliphatic heterocycles. The smallest absolute Gasteiger partial charge is 0.217 e. The summed E-state index contributed by atoms with van der Waals surface area (Å²) < 4.78 is 0. The van der Waals surface area contributed by atoms with Crippen molar-refractivity contribution in [3.8, 4) is 0 Å². The van der Waals surface area contributed by atoms with Crippen molar-refractivity contribution in [1.82, 2.24) is 4.90 Å². The van der Waals surface area contributed by atoms with Crippen molar-refractivity contribution in [3.63, 3.8) is 0 Å². The molecule has 4 nitrogen and oxygen atoms in total. The highest BCUT2D eigenvalue weighted by Gasteiger charge is 2.39. The number of fused-ring (bicyclic) bond motifs is 2. The van der Waals surface area contributed by atoms with E-state index < -0.39 is 0 Å². The van der Waals surface area contributed by atoms with Crippen LogP contribution in [0, 0.1) is 0 Å². The summed E-state index contributed by atoms with van der Waals surface area (Å²) in [4.78, 5) is 24.4. The van der Waals surface area contributed by atoms with E-state index in [0.717, 1.165) is 25.8 Å². The molecule has 84 valence electrons. The van der Waals surface area contributed by atoms with Crippen LogP contribution in [0.15, 0.2) is 0 Å². The molecule has 0 aromatic carbocycles. The van der Waals surface area contributed by atoms with Gasteiger partial charge in [0.15, 0.2) is 0 Å². The predicted octanol–water partition coefficient (Wildman–Crippen LogP) is 0.448. The normalized spacial score (nSPS) is 30.8. The van der Waals surface area contributed by atoms with E-state index in [1.807, 2.05) is 0 Å². The molecule has 15 heavy (non-hydrogen) atoms. The van der Waals surface area contributed by atoms with Crippen molar-refractivity contribution in [2.24, 2.45) is 5.73 Å². The number of primary amides is 1. The lowest BCUT2D eigenvalue weighted by Crippen LogP contribution is -2.43. The van der Waals surface area contributed by atoms with Gasteiger partial charge in [-0.15, -0.1) is 0 Å². The first-order chi connectivity index (χ1) is 7.16. The molecule has 2 unspecified atom stereocenters. The Morgan fingerprint density at radius 2 is 1.93 bits per heavy atom. The number of amides is 1. The van der Waals surface area contributed by atoms with Crippen LogP contribution in [0.4, 0.5) is 0 Å². The average Bonchev–Trinajstić information content (AvgIpc) is 2.42. The molecule has 0 aliphatic carbocycles. The molecular weight excluding hydrogens is 192 g/mol. The Balaban J connectivity index is 1.83. The van der Waals surface area contributed by atoms with Crippen LogP contribution in [0.3, 0.4) is 0 Å². The minimum Gasteiger partial charge on any atom is -0.370 e. The molecule has 2 saturated heterocycles. The van der Waals surface area contributed by atoms with Crippen LogP contribution in [0.1, 0.15) is 38.5 Å². The quantitative estimate of drug-likeness (QED) is 0.732. The summed E-state index contributed by atoms with van der Waals surface area (Å²) in [5.74, 6) is 0.184. The Hall–Kier alpha value is -0.900. The summed E-state index contributed by atoms with van der Waals surface area (Å²) in [6.07, 6.45) is 5.01. The van der Waals surface area contributed by atoms with Gasteiger partial charge in [-0.1, -0.05) is 0 Å². The summed E-state index contributed by atoms with van der Waals surface area (Å²) in [5, 5.41) is 0. The van der Waals surface area contributed by atoms with Gasteiger partial charge < -0.3 is 5.73 Å². The van der Waals surface area contributed by atoms with Crippen LogP contribution in [0.2, 0.25) is 0 Å². The molecular formula is C11H18N2O2. The maximum absolute atomic E-state index is 11.4. The van der Waals surface area contributed by atoms with Gasteiger partial charge in [0.05, 0.1) is 0 Å². The van der Waals surface area contributed by atoms with Crippen LogP contribution in [-0.4, -0.2) is 35.2 Å². The fourth-order valence-electron chi connectivity index (χ4n) is 2.86. The third-order valence-corrected chi connectivity index (χ3v) is 3.54. The van der Waals surface area contributed by atoms with Gasteiger partial charge in [-0.3, -0.25) is 14.5 Å². The second-order valence-corrected chi connectivity index (χ2v) is 4.64. The molecule has 0 aromatic rings. The van der Waals surface area contributed by atoms with Crippen LogP contribution in [-0.2, 0) is 9.59 Å². The van der Waals surface area contributed by atoms with E-state index in [4.69, 9.17) is 5.73 Å². The zero-order valence-corrected chi connectivity index (χ0v) is 8.95. The molecule has 0 radical (unpaired) electrons. The molecule has 0 saturated carbocycles. The van der Waals surface area contributed by atoms with E-state index >= 15 is 0 Å². The number of rotatable bonds is 4. The van der Waals surface area contributed by atoms with E-state index in [2.05, 4.69) is 4.90 Å². The van der Waals surface area contributed by atoms with E-state index in [0.29, 0.717) is 37.1 Å². The maximum Gasteiger partial charge on any atom is 0.217 e. The number of hydrogen-bond acceptors (Lipinski definition) is 3. The molecule has 0 spiro atoms. The number of piperidine rings is 1. The van der Waals surface area contributed by atoms with E-state index in [1.54, 1.807) is 0 Å². The van der Waals surface area contributed by atoms with E-state index in [1.165, 1.54) is 0 Å². The number of nitrogens with two attached hydrogens (primary N) is 1. The molecule has 2 atom stereocenters. The lowest BCUT2D eigenvalue weighted by molar-refractivity contribution is -0.124. The summed E-state index contributed by atoms with van der Waals surface area (Å²) in [6.45, 7) is 0.922. The zero-order chi connectivity index (χ0) is 10.8. The van der Waals surface area contributed by atoms with Crippen LogP contribution < -0.4 is 5.73 Å². The van der Waals surface area contributed by atoms with Crippen molar-refractivity contribution >= 4 is 11.7 Å². The Morgan fingerprint density at radius 3 is 2.47 bits per heavy atom. The summed E-state index contributed by atoms with van der Waals surface area (Å²) >= 11 is 0. The molecule has 0 aromatic heterocycles. The van der Waals surface area contributed by atoms with Gasteiger partial charge in [-0.25, -0.2) is 0 Å². The zero-order valence-electron chi connectivity index (χ0n) is 8.95. The van der Waals surface area contributed by atoms with Gasteiger partial charge >= 0.3 is 0 Å². The minimum absolute atomic E-state index is 0.226. The van der Waals surface area contributed by atoms with Gasteiger partial charge in [0.25, 0.3) is 0 Å². The summed E-state index contributed by atoms with van der Waals surface area (Å²) in [6, 6.07) is 0.897. The molecule has 1 amide bonds. The molecule has 2 aliphatic rings.